The number of amides is 1. The predicted molar refractivity (Wildman–Crippen MR) is 108 cm³/mol. The van der Waals surface area contributed by atoms with Crippen molar-refractivity contribution >= 4 is 17.6 Å². The Kier molecular flexibility index (Phi) is 5.42. The second-order valence-corrected chi connectivity index (χ2v) is 7.04. The van der Waals surface area contributed by atoms with Crippen molar-refractivity contribution in [2.75, 3.05) is 11.4 Å². The van der Waals surface area contributed by atoms with E-state index in [1.807, 2.05) is 61.5 Å². The molecule has 148 valence electrons. The Morgan fingerprint density at radius 1 is 1.17 bits per heavy atom. The van der Waals surface area contributed by atoms with Crippen LogP contribution in [0, 0.1) is 5.92 Å². The van der Waals surface area contributed by atoms with Gasteiger partial charge in [0.05, 0.1) is 5.92 Å². The van der Waals surface area contributed by atoms with E-state index < -0.39 is 5.92 Å². The van der Waals surface area contributed by atoms with E-state index >= 15 is 0 Å². The number of anilines is 1. The molecule has 0 aliphatic carbocycles. The minimum absolute atomic E-state index is 0.0193. The number of esters is 1. The average Bonchev–Trinajstić information content (AvgIpc) is 3.39. The number of aromatic nitrogens is 1. The fourth-order valence-corrected chi connectivity index (χ4v) is 3.55. The highest BCUT2D eigenvalue weighted by Gasteiger charge is 2.36. The number of benzene rings is 2. The normalized spacial score (nSPS) is 16.2. The molecule has 4 rings (SSSR count). The van der Waals surface area contributed by atoms with Crippen molar-refractivity contribution in [2.45, 2.75) is 26.4 Å². The molecule has 0 unspecified atom stereocenters. The van der Waals surface area contributed by atoms with Crippen molar-refractivity contribution in [3.8, 4) is 11.3 Å². The van der Waals surface area contributed by atoms with Gasteiger partial charge < -0.3 is 14.2 Å². The number of hydrogen-bond donors (Lipinski definition) is 0. The maximum atomic E-state index is 12.5. The van der Waals surface area contributed by atoms with Crippen LogP contribution in [0.2, 0.25) is 0 Å². The summed E-state index contributed by atoms with van der Waals surface area (Å²) < 4.78 is 10.7. The van der Waals surface area contributed by atoms with E-state index in [2.05, 4.69) is 5.16 Å². The van der Waals surface area contributed by atoms with Gasteiger partial charge in [0.25, 0.3) is 0 Å². The van der Waals surface area contributed by atoms with E-state index in [1.54, 1.807) is 11.0 Å². The van der Waals surface area contributed by atoms with Crippen LogP contribution in [0.1, 0.15) is 24.6 Å². The quantitative estimate of drug-likeness (QED) is 0.595. The van der Waals surface area contributed by atoms with Crippen molar-refractivity contribution in [1.29, 1.82) is 0 Å². The summed E-state index contributed by atoms with van der Waals surface area (Å²) in [4.78, 5) is 26.7. The molecule has 29 heavy (non-hydrogen) atoms. The molecule has 0 radical (unpaired) electrons. The monoisotopic (exact) mass is 390 g/mol. The average molecular weight is 390 g/mol. The number of nitrogens with zero attached hydrogens (tertiary/aromatic N) is 2. The third-order valence-corrected chi connectivity index (χ3v) is 5.10. The predicted octanol–water partition coefficient (Wildman–Crippen LogP) is 4.00. The minimum Gasteiger partial charge on any atom is -0.459 e. The summed E-state index contributed by atoms with van der Waals surface area (Å²) in [5.41, 5.74) is 3.41. The van der Waals surface area contributed by atoms with Crippen LogP contribution >= 0.6 is 0 Å². The van der Waals surface area contributed by atoms with E-state index in [1.165, 1.54) is 0 Å². The topological polar surface area (TPSA) is 72.6 Å². The van der Waals surface area contributed by atoms with Crippen LogP contribution < -0.4 is 4.90 Å². The molecule has 1 fully saturated rings. The van der Waals surface area contributed by atoms with Gasteiger partial charge in [0.1, 0.15) is 12.3 Å². The van der Waals surface area contributed by atoms with Crippen LogP contribution in [-0.2, 0) is 27.4 Å². The molecular formula is C23H22N2O4. The Hall–Kier alpha value is -3.41. The van der Waals surface area contributed by atoms with Gasteiger partial charge in [-0.15, -0.1) is 0 Å². The van der Waals surface area contributed by atoms with Gasteiger partial charge in [0, 0.05) is 30.3 Å². The van der Waals surface area contributed by atoms with Crippen molar-refractivity contribution in [3.63, 3.8) is 0 Å². The Morgan fingerprint density at radius 3 is 2.72 bits per heavy atom. The Labute approximate surface area is 169 Å². The fourth-order valence-electron chi connectivity index (χ4n) is 3.55. The number of rotatable bonds is 6. The zero-order valence-corrected chi connectivity index (χ0v) is 16.2. The molecule has 1 aliphatic rings. The molecular weight excluding hydrogens is 368 g/mol. The molecule has 6 heteroatoms. The van der Waals surface area contributed by atoms with E-state index in [0.29, 0.717) is 18.0 Å². The number of aryl methyl sites for hydroxylation is 1. The summed E-state index contributed by atoms with van der Waals surface area (Å²) in [7, 11) is 0. The van der Waals surface area contributed by atoms with Crippen molar-refractivity contribution in [3.05, 3.63) is 71.9 Å². The SMILES string of the molecule is CCc1ccccc1N1C[C@@H](C(=O)OCc2cc(-c3ccccc3)on2)CC1=O. The third-order valence-electron chi connectivity index (χ3n) is 5.10. The molecule has 0 saturated carbocycles. The van der Waals surface area contributed by atoms with Crippen molar-refractivity contribution in [1.82, 2.24) is 5.16 Å². The summed E-state index contributed by atoms with van der Waals surface area (Å²) >= 11 is 0. The Morgan fingerprint density at radius 2 is 1.93 bits per heavy atom. The summed E-state index contributed by atoms with van der Waals surface area (Å²) in [5, 5.41) is 3.96. The van der Waals surface area contributed by atoms with E-state index in [0.717, 1.165) is 23.2 Å². The van der Waals surface area contributed by atoms with E-state index in [-0.39, 0.29) is 24.9 Å². The molecule has 1 amide bonds. The standard InChI is InChI=1S/C23H22N2O4/c1-2-16-8-6-7-11-20(16)25-14-18(12-22(25)26)23(27)28-15-19-13-21(29-24-19)17-9-4-3-5-10-17/h3-11,13,18H,2,12,14-15H2,1H3/t18-/m0/s1. The molecule has 3 aromatic rings. The van der Waals surface area contributed by atoms with Gasteiger partial charge in [-0.3, -0.25) is 9.59 Å². The molecule has 6 nitrogen and oxygen atoms in total. The summed E-state index contributed by atoms with van der Waals surface area (Å²) in [6, 6.07) is 19.1. The lowest BCUT2D eigenvalue weighted by molar-refractivity contribution is -0.149. The van der Waals surface area contributed by atoms with Gasteiger partial charge in [-0.2, -0.15) is 0 Å². The first-order chi connectivity index (χ1) is 14.2. The zero-order chi connectivity index (χ0) is 20.2. The first-order valence-corrected chi connectivity index (χ1v) is 9.71. The van der Waals surface area contributed by atoms with Crippen LogP contribution in [0.15, 0.2) is 65.2 Å². The number of carbonyl (C=O) groups excluding carboxylic acids is 2. The van der Waals surface area contributed by atoms with Crippen LogP contribution in [0.4, 0.5) is 5.69 Å². The van der Waals surface area contributed by atoms with Crippen LogP contribution in [0.25, 0.3) is 11.3 Å². The van der Waals surface area contributed by atoms with Crippen LogP contribution in [0.5, 0.6) is 0 Å². The molecule has 1 saturated heterocycles. The molecule has 2 heterocycles. The number of hydrogen-bond acceptors (Lipinski definition) is 5. The third kappa shape index (κ3) is 4.06. The summed E-state index contributed by atoms with van der Waals surface area (Å²) in [6.07, 6.45) is 0.982. The van der Waals surface area contributed by atoms with Crippen LogP contribution in [-0.4, -0.2) is 23.6 Å². The Balaban J connectivity index is 1.37. The van der Waals surface area contributed by atoms with Gasteiger partial charge in [0.15, 0.2) is 5.76 Å². The molecule has 1 aromatic heterocycles. The summed E-state index contributed by atoms with van der Waals surface area (Å²) in [5.74, 6) is -0.303. The molecule has 0 spiro atoms. The van der Waals surface area contributed by atoms with E-state index in [4.69, 9.17) is 9.26 Å². The first kappa shape index (κ1) is 18.9. The number of carbonyl (C=O) groups is 2. The maximum Gasteiger partial charge on any atom is 0.311 e. The second kappa shape index (κ2) is 8.31. The highest BCUT2D eigenvalue weighted by molar-refractivity contribution is 6.00. The molecule has 1 atom stereocenters. The number of para-hydroxylation sites is 1. The zero-order valence-electron chi connectivity index (χ0n) is 16.2. The van der Waals surface area contributed by atoms with Crippen molar-refractivity contribution < 1.29 is 18.8 Å². The lowest BCUT2D eigenvalue weighted by atomic mass is 10.1. The van der Waals surface area contributed by atoms with Gasteiger partial charge in [-0.1, -0.05) is 60.6 Å². The highest BCUT2D eigenvalue weighted by atomic mass is 16.5. The fraction of sp³-hybridized carbons (Fsp3) is 0.261. The number of ether oxygens (including phenoxy) is 1. The van der Waals surface area contributed by atoms with Gasteiger partial charge >= 0.3 is 5.97 Å². The minimum atomic E-state index is -0.479. The molecule has 0 N–H and O–H groups in total. The molecule has 0 bridgehead atoms. The van der Waals surface area contributed by atoms with Gasteiger partial charge in [-0.05, 0) is 18.1 Å². The molecule has 2 aromatic carbocycles. The second-order valence-electron chi connectivity index (χ2n) is 7.04. The largest absolute Gasteiger partial charge is 0.459 e. The van der Waals surface area contributed by atoms with Crippen molar-refractivity contribution in [2.24, 2.45) is 5.92 Å². The van der Waals surface area contributed by atoms with E-state index in [9.17, 15) is 9.59 Å². The lowest BCUT2D eigenvalue weighted by Gasteiger charge is -2.19. The smallest absolute Gasteiger partial charge is 0.311 e. The maximum absolute atomic E-state index is 12.5. The first-order valence-electron chi connectivity index (χ1n) is 9.71. The Bertz CT molecular complexity index is 1010. The summed E-state index contributed by atoms with van der Waals surface area (Å²) in [6.45, 7) is 2.40. The van der Waals surface area contributed by atoms with Crippen LogP contribution in [0.3, 0.4) is 0 Å². The molecule has 1 aliphatic heterocycles. The van der Waals surface area contributed by atoms with Gasteiger partial charge in [0.2, 0.25) is 5.91 Å². The lowest BCUT2D eigenvalue weighted by Crippen LogP contribution is -2.27. The highest BCUT2D eigenvalue weighted by Crippen LogP contribution is 2.29. The van der Waals surface area contributed by atoms with Gasteiger partial charge in [-0.25, -0.2) is 0 Å².